The summed E-state index contributed by atoms with van der Waals surface area (Å²) in [5.74, 6) is -2.21. The molecule has 0 aliphatic carbocycles. The van der Waals surface area contributed by atoms with Crippen molar-refractivity contribution in [1.29, 1.82) is 0 Å². The van der Waals surface area contributed by atoms with E-state index in [0.717, 1.165) is 35.6 Å². The van der Waals surface area contributed by atoms with Crippen LogP contribution in [0.4, 0.5) is 20.2 Å². The minimum Gasteiger partial charge on any atom is -0.323 e. The maximum atomic E-state index is 13.6. The molecule has 0 radical (unpaired) electrons. The maximum absolute atomic E-state index is 13.6. The quantitative estimate of drug-likeness (QED) is 0.803. The lowest BCUT2D eigenvalue weighted by Crippen LogP contribution is -2.52. The molecule has 0 spiro atoms. The summed E-state index contributed by atoms with van der Waals surface area (Å²) < 4.78 is 26.8. The number of carbonyl (C=O) groups is 2. The lowest BCUT2D eigenvalue weighted by Gasteiger charge is -2.31. The first-order valence-electron chi connectivity index (χ1n) is 8.58. The number of amidine groups is 1. The van der Waals surface area contributed by atoms with Crippen molar-refractivity contribution in [3.05, 3.63) is 72.6 Å². The smallest absolute Gasteiger partial charge is 0.276 e. The molecule has 4 rings (SSSR count). The number of amides is 2. The predicted molar refractivity (Wildman–Crippen MR) is 107 cm³/mol. The first kappa shape index (κ1) is 18.9. The van der Waals surface area contributed by atoms with E-state index in [4.69, 9.17) is 0 Å². The molecular weight excluding hydrogens is 400 g/mol. The minimum absolute atomic E-state index is 0.0931. The molecule has 2 aromatic carbocycles. The van der Waals surface area contributed by atoms with Crippen molar-refractivity contribution in [2.75, 3.05) is 16.0 Å². The average molecular weight is 415 g/mol. The van der Waals surface area contributed by atoms with Crippen LogP contribution >= 0.6 is 11.8 Å². The largest absolute Gasteiger partial charge is 0.323 e. The van der Waals surface area contributed by atoms with Crippen molar-refractivity contribution in [3.8, 4) is 0 Å². The number of nitrogens with zero attached hydrogens (tertiary/aromatic N) is 3. The van der Waals surface area contributed by atoms with Crippen LogP contribution in [0.1, 0.15) is 0 Å². The zero-order chi connectivity index (χ0) is 20.4. The Morgan fingerprint density at radius 2 is 1.97 bits per heavy atom. The van der Waals surface area contributed by atoms with Gasteiger partial charge in [-0.25, -0.2) is 8.78 Å². The molecule has 0 saturated heterocycles. The molecule has 148 valence electrons. The molecular formula is C19H15F2N5O2S. The fourth-order valence-electron chi connectivity index (χ4n) is 2.83. The number of thioether (sulfide) groups is 1. The van der Waals surface area contributed by atoms with Gasteiger partial charge in [0.2, 0.25) is 12.1 Å². The Kier molecular flexibility index (Phi) is 5.17. The Hall–Kier alpha value is -3.40. The Morgan fingerprint density at radius 3 is 2.76 bits per heavy atom. The van der Waals surface area contributed by atoms with Gasteiger partial charge in [0.25, 0.3) is 5.91 Å². The number of halogens is 2. The molecule has 2 heterocycles. The van der Waals surface area contributed by atoms with Crippen molar-refractivity contribution < 1.29 is 18.4 Å². The highest BCUT2D eigenvalue weighted by Crippen LogP contribution is 2.25. The maximum Gasteiger partial charge on any atom is 0.276 e. The SMILES string of the molecule is O=C(CSC1=NNC2C(=O)N(c3ccccc3)C=CN12)Nc1cc(F)ccc1F. The highest BCUT2D eigenvalue weighted by Gasteiger charge is 2.38. The highest BCUT2D eigenvalue weighted by molar-refractivity contribution is 8.14. The van der Waals surface area contributed by atoms with Crippen molar-refractivity contribution >= 4 is 40.1 Å². The van der Waals surface area contributed by atoms with Crippen molar-refractivity contribution in [2.45, 2.75) is 6.17 Å². The van der Waals surface area contributed by atoms with Crippen LogP contribution in [0.3, 0.4) is 0 Å². The average Bonchev–Trinajstić information content (AvgIpc) is 3.14. The number of para-hydroxylation sites is 1. The summed E-state index contributed by atoms with van der Waals surface area (Å²) in [4.78, 5) is 27.9. The first-order valence-corrected chi connectivity index (χ1v) is 9.57. The van der Waals surface area contributed by atoms with E-state index in [2.05, 4.69) is 15.8 Å². The van der Waals surface area contributed by atoms with Gasteiger partial charge in [-0.1, -0.05) is 30.0 Å². The van der Waals surface area contributed by atoms with Crippen LogP contribution in [0.2, 0.25) is 0 Å². The van der Waals surface area contributed by atoms with Crippen molar-refractivity contribution in [1.82, 2.24) is 10.3 Å². The van der Waals surface area contributed by atoms with Crippen LogP contribution in [0.15, 0.2) is 66.0 Å². The zero-order valence-corrected chi connectivity index (χ0v) is 15.7. The lowest BCUT2D eigenvalue weighted by atomic mass is 10.2. The highest BCUT2D eigenvalue weighted by atomic mass is 32.2. The summed E-state index contributed by atoms with van der Waals surface area (Å²) in [6.07, 6.45) is 2.60. The van der Waals surface area contributed by atoms with Crippen molar-refractivity contribution in [3.63, 3.8) is 0 Å². The Morgan fingerprint density at radius 1 is 1.17 bits per heavy atom. The molecule has 0 bridgehead atoms. The van der Waals surface area contributed by atoms with Gasteiger partial charge in [0, 0.05) is 24.2 Å². The summed E-state index contributed by atoms with van der Waals surface area (Å²) in [7, 11) is 0. The van der Waals surface area contributed by atoms with Gasteiger partial charge in [0.1, 0.15) is 11.6 Å². The molecule has 2 N–H and O–H groups in total. The van der Waals surface area contributed by atoms with E-state index in [9.17, 15) is 18.4 Å². The summed E-state index contributed by atoms with van der Waals surface area (Å²) in [5.41, 5.74) is 3.26. The number of hydrazone groups is 1. The van der Waals surface area contributed by atoms with Gasteiger partial charge in [0.15, 0.2) is 5.17 Å². The lowest BCUT2D eigenvalue weighted by molar-refractivity contribution is -0.122. The van der Waals surface area contributed by atoms with Crippen LogP contribution in [0.25, 0.3) is 0 Å². The number of rotatable bonds is 4. The van der Waals surface area contributed by atoms with E-state index in [1.807, 2.05) is 30.3 Å². The zero-order valence-electron chi connectivity index (χ0n) is 14.9. The third-order valence-corrected chi connectivity index (χ3v) is 5.17. The molecule has 29 heavy (non-hydrogen) atoms. The van der Waals surface area contributed by atoms with E-state index in [-0.39, 0.29) is 17.3 Å². The number of carbonyl (C=O) groups excluding carboxylic acids is 2. The van der Waals surface area contributed by atoms with E-state index in [1.165, 1.54) is 4.90 Å². The Bertz CT molecular complexity index is 1010. The summed E-state index contributed by atoms with van der Waals surface area (Å²) in [6, 6.07) is 12.0. The minimum atomic E-state index is -0.727. The van der Waals surface area contributed by atoms with Gasteiger partial charge in [-0.05, 0) is 24.3 Å². The predicted octanol–water partition coefficient (Wildman–Crippen LogP) is 2.66. The van der Waals surface area contributed by atoms with E-state index >= 15 is 0 Å². The monoisotopic (exact) mass is 415 g/mol. The third-order valence-electron chi connectivity index (χ3n) is 4.20. The van der Waals surface area contributed by atoms with E-state index in [0.29, 0.717) is 5.17 Å². The second kappa shape index (κ2) is 7.92. The molecule has 0 aromatic heterocycles. The third kappa shape index (κ3) is 3.92. The molecule has 1 atom stereocenters. The standard InChI is InChI=1S/C19H15F2N5O2S/c20-12-6-7-14(21)15(10-12)22-16(27)11-29-19-24-23-17-18(28)25(8-9-26(17)19)13-4-2-1-3-5-13/h1-10,17,23H,11H2,(H,22,27). The van der Waals surface area contributed by atoms with Gasteiger partial charge in [-0.3, -0.25) is 24.8 Å². The number of nitrogens with one attached hydrogen (secondary N) is 2. The first-order chi connectivity index (χ1) is 14.0. The molecule has 0 saturated carbocycles. The fourth-order valence-corrected chi connectivity index (χ4v) is 3.60. The fraction of sp³-hybridized carbons (Fsp3) is 0.105. The van der Waals surface area contributed by atoms with Gasteiger partial charge in [-0.15, -0.1) is 0 Å². The summed E-state index contributed by atoms with van der Waals surface area (Å²) >= 11 is 1.07. The van der Waals surface area contributed by atoms with Gasteiger partial charge in [-0.2, -0.15) is 5.10 Å². The molecule has 2 aliphatic rings. The van der Waals surface area contributed by atoms with Gasteiger partial charge >= 0.3 is 0 Å². The van der Waals surface area contributed by atoms with E-state index in [1.54, 1.807) is 17.3 Å². The number of anilines is 2. The van der Waals surface area contributed by atoms with Crippen LogP contribution in [-0.2, 0) is 9.59 Å². The van der Waals surface area contributed by atoms with Gasteiger partial charge < -0.3 is 5.32 Å². The summed E-state index contributed by atoms with van der Waals surface area (Å²) in [6.45, 7) is 0. The molecule has 0 fully saturated rings. The summed E-state index contributed by atoms with van der Waals surface area (Å²) in [5, 5.41) is 6.85. The number of hydrogen-bond donors (Lipinski definition) is 2. The van der Waals surface area contributed by atoms with Crippen LogP contribution < -0.4 is 15.6 Å². The molecule has 2 aromatic rings. The van der Waals surface area contributed by atoms with E-state index < -0.39 is 23.7 Å². The normalized spacial score (nSPS) is 17.7. The molecule has 1 unspecified atom stereocenters. The Labute approximate surface area is 169 Å². The van der Waals surface area contributed by atoms with Crippen LogP contribution in [-0.4, -0.2) is 33.8 Å². The van der Waals surface area contributed by atoms with Crippen LogP contribution in [0, 0.1) is 11.6 Å². The number of hydrogen-bond acceptors (Lipinski definition) is 6. The number of benzene rings is 2. The van der Waals surface area contributed by atoms with Crippen molar-refractivity contribution in [2.24, 2.45) is 5.10 Å². The molecule has 2 aliphatic heterocycles. The Balaban J connectivity index is 1.38. The second-order valence-corrected chi connectivity index (χ2v) is 7.08. The molecule has 2 amide bonds. The second-order valence-electron chi connectivity index (χ2n) is 6.14. The number of fused-ring (bicyclic) bond motifs is 1. The molecule has 7 nitrogen and oxygen atoms in total. The van der Waals surface area contributed by atoms with Crippen LogP contribution in [0.5, 0.6) is 0 Å². The topological polar surface area (TPSA) is 77.0 Å². The van der Waals surface area contributed by atoms with Gasteiger partial charge in [0.05, 0.1) is 11.4 Å². The molecule has 10 heteroatoms.